The Balaban J connectivity index is 4.53. The number of carbonyl (C=O) groups excluding carboxylic acids is 2. The van der Waals surface area contributed by atoms with Crippen LogP contribution in [0.25, 0.3) is 0 Å². The van der Waals surface area contributed by atoms with E-state index in [1.54, 1.807) is 0 Å². The van der Waals surface area contributed by atoms with Crippen molar-refractivity contribution in [2.24, 2.45) is 0 Å². The molecule has 0 saturated carbocycles. The predicted octanol–water partition coefficient (Wildman–Crippen LogP) is 18.0. The number of aliphatic hydroxyl groups excluding tert-OH is 2. The molecule has 388 valence electrons. The zero-order chi connectivity index (χ0) is 48.1. The van der Waals surface area contributed by atoms with E-state index in [-0.39, 0.29) is 24.9 Å². The quantitative estimate of drug-likeness (QED) is 0.0321. The molecule has 0 saturated heterocycles. The summed E-state index contributed by atoms with van der Waals surface area (Å²) in [5, 5.41) is 23.9. The van der Waals surface area contributed by atoms with Crippen molar-refractivity contribution in [2.45, 2.75) is 328 Å². The normalized spacial score (nSPS) is 13.3. The lowest BCUT2D eigenvalue weighted by atomic mass is 10.0. The van der Waals surface area contributed by atoms with Crippen molar-refractivity contribution in [3.05, 3.63) is 36.5 Å². The van der Waals surface area contributed by atoms with Gasteiger partial charge >= 0.3 is 5.97 Å². The van der Waals surface area contributed by atoms with E-state index < -0.39 is 18.2 Å². The summed E-state index contributed by atoms with van der Waals surface area (Å²) in [4.78, 5) is 26.3. The minimum absolute atomic E-state index is 0.0694. The molecule has 0 rings (SSSR count). The summed E-state index contributed by atoms with van der Waals surface area (Å²) in [6.45, 7) is 6.48. The van der Waals surface area contributed by atoms with E-state index in [2.05, 4.69) is 62.5 Å². The molecule has 0 aliphatic rings. The summed E-state index contributed by atoms with van der Waals surface area (Å²) in [5.74, 6) is -0.479. The fraction of sp³-hybridized carbons (Fsp3) is 0.867. The van der Waals surface area contributed by atoms with Gasteiger partial charge in [-0.2, -0.15) is 0 Å². The van der Waals surface area contributed by atoms with Gasteiger partial charge in [-0.3, -0.25) is 9.59 Å². The van der Waals surface area contributed by atoms with Gasteiger partial charge in [0.1, 0.15) is 6.10 Å². The third-order valence-electron chi connectivity index (χ3n) is 13.4. The number of esters is 1. The van der Waals surface area contributed by atoms with Crippen molar-refractivity contribution < 1.29 is 24.5 Å². The molecule has 1 amide bonds. The van der Waals surface area contributed by atoms with Crippen LogP contribution in [-0.2, 0) is 14.3 Å². The highest BCUT2D eigenvalue weighted by molar-refractivity contribution is 5.77. The van der Waals surface area contributed by atoms with Crippen molar-refractivity contribution in [2.75, 3.05) is 6.61 Å². The van der Waals surface area contributed by atoms with Gasteiger partial charge in [-0.1, -0.05) is 250 Å². The molecule has 66 heavy (non-hydrogen) atoms. The third-order valence-corrected chi connectivity index (χ3v) is 13.4. The van der Waals surface area contributed by atoms with E-state index in [1.165, 1.54) is 199 Å². The predicted molar refractivity (Wildman–Crippen MR) is 287 cm³/mol. The summed E-state index contributed by atoms with van der Waals surface area (Å²) in [5.41, 5.74) is 0. The topological polar surface area (TPSA) is 95.9 Å². The average Bonchev–Trinajstić information content (AvgIpc) is 3.31. The van der Waals surface area contributed by atoms with E-state index in [0.717, 1.165) is 64.2 Å². The number of rotatable bonds is 53. The van der Waals surface area contributed by atoms with Crippen LogP contribution in [0.5, 0.6) is 0 Å². The fourth-order valence-electron chi connectivity index (χ4n) is 8.99. The molecule has 0 fully saturated rings. The van der Waals surface area contributed by atoms with Crippen molar-refractivity contribution >= 4 is 11.9 Å². The zero-order valence-corrected chi connectivity index (χ0v) is 44.3. The highest BCUT2D eigenvalue weighted by Crippen LogP contribution is 2.18. The summed E-state index contributed by atoms with van der Waals surface area (Å²) >= 11 is 0. The minimum Gasteiger partial charge on any atom is -0.462 e. The van der Waals surface area contributed by atoms with Crippen LogP contribution >= 0.6 is 0 Å². The molecule has 0 aliphatic heterocycles. The molecule has 0 radical (unpaired) electrons. The summed E-state index contributed by atoms with van der Waals surface area (Å²) in [6, 6.07) is -0.706. The van der Waals surface area contributed by atoms with Crippen molar-refractivity contribution in [1.29, 1.82) is 0 Å². The SMILES string of the molecule is CCCCC/C=C\C/C=C\CCCCCCCC(CC(=O)NC(CO)C(O)CCCCCCCCCCCCCCCCCCC)OC(=O)CCCCCCCCC/C=C\CCCCCC. The lowest BCUT2D eigenvalue weighted by Gasteiger charge is -2.24. The number of hydrogen-bond acceptors (Lipinski definition) is 5. The average molecular weight is 929 g/mol. The molecule has 0 aliphatic carbocycles. The van der Waals surface area contributed by atoms with Gasteiger partial charge in [-0.15, -0.1) is 0 Å². The van der Waals surface area contributed by atoms with Gasteiger partial charge in [0.15, 0.2) is 0 Å². The smallest absolute Gasteiger partial charge is 0.306 e. The van der Waals surface area contributed by atoms with Gasteiger partial charge in [0.05, 0.1) is 25.2 Å². The van der Waals surface area contributed by atoms with Crippen LogP contribution in [0.4, 0.5) is 0 Å². The molecular formula is C60H113NO5. The van der Waals surface area contributed by atoms with Crippen molar-refractivity contribution in [3.8, 4) is 0 Å². The first-order valence-electron chi connectivity index (χ1n) is 29.2. The first-order chi connectivity index (χ1) is 32.5. The van der Waals surface area contributed by atoms with E-state index in [9.17, 15) is 19.8 Å². The van der Waals surface area contributed by atoms with Gasteiger partial charge in [0, 0.05) is 6.42 Å². The number of ether oxygens (including phenoxy) is 1. The Morgan fingerprint density at radius 3 is 1.21 bits per heavy atom. The molecule has 0 aromatic carbocycles. The van der Waals surface area contributed by atoms with Gasteiger partial charge in [-0.25, -0.2) is 0 Å². The van der Waals surface area contributed by atoms with Crippen LogP contribution < -0.4 is 5.32 Å². The molecule has 6 heteroatoms. The Labute approximate surface area is 411 Å². The Hall–Kier alpha value is -1.92. The maximum Gasteiger partial charge on any atom is 0.306 e. The van der Waals surface area contributed by atoms with Gasteiger partial charge < -0.3 is 20.3 Å². The molecule has 0 spiro atoms. The second kappa shape index (κ2) is 54.0. The Morgan fingerprint density at radius 2 is 0.773 bits per heavy atom. The van der Waals surface area contributed by atoms with E-state index in [1.807, 2.05) is 0 Å². The molecule has 3 atom stereocenters. The number of unbranched alkanes of at least 4 members (excludes halogenated alkanes) is 35. The Bertz CT molecular complexity index is 1090. The lowest BCUT2D eigenvalue weighted by molar-refractivity contribution is -0.151. The van der Waals surface area contributed by atoms with Crippen LogP contribution in [0, 0.1) is 0 Å². The maximum absolute atomic E-state index is 13.3. The Kier molecular flexibility index (Phi) is 52.5. The van der Waals surface area contributed by atoms with Gasteiger partial charge in [0.25, 0.3) is 0 Å². The maximum atomic E-state index is 13.3. The number of amides is 1. The molecule has 3 N–H and O–H groups in total. The fourth-order valence-corrected chi connectivity index (χ4v) is 8.99. The zero-order valence-electron chi connectivity index (χ0n) is 44.3. The van der Waals surface area contributed by atoms with E-state index in [4.69, 9.17) is 4.74 Å². The van der Waals surface area contributed by atoms with Crippen LogP contribution in [-0.4, -0.2) is 46.9 Å². The number of carbonyl (C=O) groups is 2. The Morgan fingerprint density at radius 1 is 0.439 bits per heavy atom. The van der Waals surface area contributed by atoms with Crippen LogP contribution in [0.1, 0.15) is 310 Å². The van der Waals surface area contributed by atoms with Crippen LogP contribution in [0.2, 0.25) is 0 Å². The highest BCUT2D eigenvalue weighted by atomic mass is 16.5. The molecular weight excluding hydrogens is 815 g/mol. The number of aliphatic hydroxyl groups is 2. The molecule has 3 unspecified atom stereocenters. The molecule has 0 aromatic heterocycles. The summed E-state index contributed by atoms with van der Waals surface area (Å²) in [7, 11) is 0. The second-order valence-corrected chi connectivity index (χ2v) is 20.0. The van der Waals surface area contributed by atoms with Crippen LogP contribution in [0.3, 0.4) is 0 Å². The molecule has 6 nitrogen and oxygen atoms in total. The number of hydrogen-bond donors (Lipinski definition) is 3. The number of nitrogens with one attached hydrogen (secondary N) is 1. The summed E-state index contributed by atoms with van der Waals surface area (Å²) in [6.07, 6.45) is 64.9. The van der Waals surface area contributed by atoms with E-state index >= 15 is 0 Å². The van der Waals surface area contributed by atoms with E-state index in [0.29, 0.717) is 19.3 Å². The second-order valence-electron chi connectivity index (χ2n) is 20.0. The number of allylic oxidation sites excluding steroid dienone is 6. The standard InChI is InChI=1S/C60H113NO5/c1-4-7-10-13-16-19-22-25-28-29-32-34-37-40-43-46-49-52-58(63)57(55-62)61-59(64)54-56(51-48-45-42-39-36-33-30-26-23-20-17-14-11-8-5-2)66-60(65)53-50-47-44-41-38-35-31-27-24-21-18-15-12-9-6-3/h17,20-21,24,26,30,56-58,62-63H,4-16,18-19,22-23,25,27-29,31-55H2,1-3H3,(H,61,64)/b20-17-,24-21-,30-26-. The largest absolute Gasteiger partial charge is 0.462 e. The molecule has 0 heterocycles. The minimum atomic E-state index is -0.792. The lowest BCUT2D eigenvalue weighted by Crippen LogP contribution is -2.46. The first-order valence-corrected chi connectivity index (χ1v) is 29.2. The highest BCUT2D eigenvalue weighted by Gasteiger charge is 2.24. The first kappa shape index (κ1) is 64.1. The van der Waals surface area contributed by atoms with Gasteiger partial charge in [0.2, 0.25) is 5.91 Å². The van der Waals surface area contributed by atoms with Crippen molar-refractivity contribution in [1.82, 2.24) is 5.32 Å². The molecule has 0 bridgehead atoms. The van der Waals surface area contributed by atoms with Crippen LogP contribution in [0.15, 0.2) is 36.5 Å². The van der Waals surface area contributed by atoms with Gasteiger partial charge in [-0.05, 0) is 83.5 Å². The molecule has 0 aromatic rings. The summed E-state index contributed by atoms with van der Waals surface area (Å²) < 4.78 is 5.96. The monoisotopic (exact) mass is 928 g/mol. The van der Waals surface area contributed by atoms with Crippen molar-refractivity contribution in [3.63, 3.8) is 0 Å². The third kappa shape index (κ3) is 48.5.